The van der Waals surface area contributed by atoms with Crippen LogP contribution in [0.5, 0.6) is 0 Å². The van der Waals surface area contributed by atoms with Crippen molar-refractivity contribution in [2.75, 3.05) is 13.2 Å². The summed E-state index contributed by atoms with van der Waals surface area (Å²) in [7, 11) is 0. The lowest BCUT2D eigenvalue weighted by atomic mass is 10.1. The zero-order chi connectivity index (χ0) is 14.6. The molecule has 1 fully saturated rings. The number of hydrogen-bond donors (Lipinski definition) is 0. The molecule has 3 nitrogen and oxygen atoms in total. The van der Waals surface area contributed by atoms with Gasteiger partial charge in [0.25, 0.3) is 0 Å². The van der Waals surface area contributed by atoms with E-state index in [2.05, 4.69) is 35.8 Å². The van der Waals surface area contributed by atoms with Gasteiger partial charge < -0.3 is 14.2 Å². The molecule has 0 unspecified atom stereocenters. The third-order valence-electron chi connectivity index (χ3n) is 3.35. The topological polar surface area (TPSA) is 27.7 Å². The van der Waals surface area contributed by atoms with Gasteiger partial charge in [0.1, 0.15) is 5.60 Å². The number of ether oxygens (including phenoxy) is 3. The summed E-state index contributed by atoms with van der Waals surface area (Å²) in [5, 5.41) is 0. The second-order valence-corrected chi connectivity index (χ2v) is 6.87. The van der Waals surface area contributed by atoms with Crippen molar-refractivity contribution in [1.82, 2.24) is 0 Å². The Labute approximate surface area is 129 Å². The highest BCUT2D eigenvalue weighted by atomic mass is 79.9. The number of hydrogen-bond acceptors (Lipinski definition) is 3. The molecule has 0 bridgehead atoms. The van der Waals surface area contributed by atoms with Gasteiger partial charge >= 0.3 is 0 Å². The summed E-state index contributed by atoms with van der Waals surface area (Å²) in [6.45, 7) is 8.09. The number of rotatable bonds is 5. The van der Waals surface area contributed by atoms with Crippen LogP contribution in [0.1, 0.15) is 32.8 Å². The molecule has 0 atom stereocenters. The largest absolute Gasteiger partial charge is 0.366 e. The van der Waals surface area contributed by atoms with E-state index >= 15 is 0 Å². The van der Waals surface area contributed by atoms with Crippen molar-refractivity contribution < 1.29 is 14.2 Å². The summed E-state index contributed by atoms with van der Waals surface area (Å²) in [5.41, 5.74) is 0.765. The van der Waals surface area contributed by atoms with Gasteiger partial charge in [-0.05, 0) is 24.5 Å². The fourth-order valence-electron chi connectivity index (χ4n) is 2.10. The minimum Gasteiger partial charge on any atom is -0.366 e. The normalized spacial score (nSPS) is 26.9. The molecule has 4 heteroatoms. The highest BCUT2D eigenvalue weighted by Gasteiger charge is 2.33. The monoisotopic (exact) mass is 342 g/mol. The molecule has 0 saturated carbocycles. The lowest BCUT2D eigenvalue weighted by molar-refractivity contribution is -0.266. The standard InChI is InChI=1S/C16H23BrO3/c1-12(2)8-15-18-10-16(3,11-19-15)20-9-13-6-4-5-7-14(13)17/h4-7,12,15H,8-11H2,1-3H3. The first-order valence-electron chi connectivity index (χ1n) is 7.09. The minimum absolute atomic E-state index is 0.0878. The van der Waals surface area contributed by atoms with Crippen LogP contribution in [0.4, 0.5) is 0 Å². The second kappa shape index (κ2) is 7.03. The van der Waals surface area contributed by atoms with E-state index in [0.717, 1.165) is 16.5 Å². The summed E-state index contributed by atoms with van der Waals surface area (Å²) in [4.78, 5) is 0. The van der Waals surface area contributed by atoms with E-state index in [1.165, 1.54) is 0 Å². The Bertz CT molecular complexity index is 425. The van der Waals surface area contributed by atoms with Crippen molar-refractivity contribution in [3.8, 4) is 0 Å². The van der Waals surface area contributed by atoms with E-state index in [1.54, 1.807) is 0 Å². The Balaban J connectivity index is 1.83. The molecule has 112 valence electrons. The van der Waals surface area contributed by atoms with Crippen molar-refractivity contribution in [1.29, 1.82) is 0 Å². The molecule has 1 saturated heterocycles. The van der Waals surface area contributed by atoms with Crippen molar-refractivity contribution in [3.63, 3.8) is 0 Å². The van der Waals surface area contributed by atoms with E-state index < -0.39 is 0 Å². The fourth-order valence-corrected chi connectivity index (χ4v) is 2.50. The molecule has 1 aliphatic rings. The molecule has 2 rings (SSSR count). The van der Waals surface area contributed by atoms with Crippen LogP contribution >= 0.6 is 15.9 Å². The summed E-state index contributed by atoms with van der Waals surface area (Å²) in [6, 6.07) is 8.09. The summed E-state index contributed by atoms with van der Waals surface area (Å²) >= 11 is 3.53. The van der Waals surface area contributed by atoms with Crippen LogP contribution in [-0.4, -0.2) is 25.1 Å². The van der Waals surface area contributed by atoms with E-state index in [9.17, 15) is 0 Å². The molecule has 1 heterocycles. The highest BCUT2D eigenvalue weighted by Crippen LogP contribution is 2.25. The van der Waals surface area contributed by atoms with Gasteiger partial charge in [-0.2, -0.15) is 0 Å². The maximum atomic E-state index is 6.01. The van der Waals surface area contributed by atoms with Gasteiger partial charge in [0, 0.05) is 10.9 Å². The summed E-state index contributed by atoms with van der Waals surface area (Å²) in [6.07, 6.45) is 0.843. The molecule has 1 aromatic rings. The van der Waals surface area contributed by atoms with Gasteiger partial charge in [0.05, 0.1) is 19.8 Å². The summed E-state index contributed by atoms with van der Waals surface area (Å²) in [5.74, 6) is 0.575. The first kappa shape index (κ1) is 16.0. The molecule has 1 aromatic carbocycles. The first-order chi connectivity index (χ1) is 9.48. The molecule has 0 radical (unpaired) electrons. The smallest absolute Gasteiger partial charge is 0.158 e. The Hall–Kier alpha value is -0.420. The predicted molar refractivity (Wildman–Crippen MR) is 82.5 cm³/mol. The predicted octanol–water partition coefficient (Wildman–Crippen LogP) is 4.14. The maximum Gasteiger partial charge on any atom is 0.158 e. The van der Waals surface area contributed by atoms with Crippen LogP contribution in [0.3, 0.4) is 0 Å². The van der Waals surface area contributed by atoms with Crippen LogP contribution in [0.2, 0.25) is 0 Å². The average molecular weight is 343 g/mol. The average Bonchev–Trinajstić information content (AvgIpc) is 2.41. The molecular weight excluding hydrogens is 320 g/mol. The quantitative estimate of drug-likeness (QED) is 0.804. The van der Waals surface area contributed by atoms with Gasteiger partial charge in [0.2, 0.25) is 0 Å². The Kier molecular flexibility index (Phi) is 5.61. The van der Waals surface area contributed by atoms with Gasteiger partial charge in [-0.15, -0.1) is 0 Å². The number of halogens is 1. The lowest BCUT2D eigenvalue weighted by Crippen LogP contribution is -2.47. The molecule has 1 aliphatic heterocycles. The van der Waals surface area contributed by atoms with Crippen LogP contribution in [0, 0.1) is 5.92 Å². The maximum absolute atomic E-state index is 6.01. The second-order valence-electron chi connectivity index (χ2n) is 6.01. The summed E-state index contributed by atoms with van der Waals surface area (Å²) < 4.78 is 18.6. The minimum atomic E-state index is -0.372. The van der Waals surface area contributed by atoms with Crippen molar-refractivity contribution >= 4 is 15.9 Å². The van der Waals surface area contributed by atoms with E-state index in [4.69, 9.17) is 14.2 Å². The van der Waals surface area contributed by atoms with Crippen LogP contribution in [0.25, 0.3) is 0 Å². The van der Waals surface area contributed by atoms with E-state index in [1.807, 2.05) is 25.1 Å². The van der Waals surface area contributed by atoms with Crippen molar-refractivity contribution in [2.45, 2.75) is 45.7 Å². The molecule has 0 aliphatic carbocycles. The Morgan fingerprint density at radius 2 is 1.95 bits per heavy atom. The number of benzene rings is 1. The molecule has 0 N–H and O–H groups in total. The fraction of sp³-hybridized carbons (Fsp3) is 0.625. The molecule has 0 spiro atoms. The lowest BCUT2D eigenvalue weighted by Gasteiger charge is -2.37. The zero-order valence-corrected chi connectivity index (χ0v) is 14.0. The van der Waals surface area contributed by atoms with Crippen LogP contribution in [-0.2, 0) is 20.8 Å². The Morgan fingerprint density at radius 1 is 1.30 bits per heavy atom. The van der Waals surface area contributed by atoms with Gasteiger partial charge in [-0.1, -0.05) is 48.0 Å². The molecule has 20 heavy (non-hydrogen) atoms. The molecule has 0 aromatic heterocycles. The Morgan fingerprint density at radius 3 is 2.55 bits per heavy atom. The van der Waals surface area contributed by atoms with Crippen LogP contribution < -0.4 is 0 Å². The van der Waals surface area contributed by atoms with Gasteiger partial charge in [0.15, 0.2) is 6.29 Å². The molecule has 0 amide bonds. The van der Waals surface area contributed by atoms with Crippen molar-refractivity contribution in [2.24, 2.45) is 5.92 Å². The van der Waals surface area contributed by atoms with Gasteiger partial charge in [-0.25, -0.2) is 0 Å². The van der Waals surface area contributed by atoms with Crippen LogP contribution in [0.15, 0.2) is 28.7 Å². The van der Waals surface area contributed by atoms with Crippen molar-refractivity contribution in [3.05, 3.63) is 34.3 Å². The third-order valence-corrected chi connectivity index (χ3v) is 4.12. The third kappa shape index (κ3) is 4.55. The zero-order valence-electron chi connectivity index (χ0n) is 12.4. The molecular formula is C16H23BrO3. The van der Waals surface area contributed by atoms with E-state index in [-0.39, 0.29) is 11.9 Å². The SMILES string of the molecule is CC(C)CC1OCC(C)(OCc2ccccc2Br)CO1. The highest BCUT2D eigenvalue weighted by molar-refractivity contribution is 9.10. The first-order valence-corrected chi connectivity index (χ1v) is 7.88. The van der Waals surface area contributed by atoms with E-state index in [0.29, 0.717) is 25.7 Å². The van der Waals surface area contributed by atoms with Gasteiger partial charge in [-0.3, -0.25) is 0 Å².